The zero-order valence-electron chi connectivity index (χ0n) is 16.8. The highest BCUT2D eigenvalue weighted by atomic mass is 19.1. The molecule has 148 valence electrons. The molecule has 0 aliphatic carbocycles. The third-order valence-electron chi connectivity index (χ3n) is 5.56. The van der Waals surface area contributed by atoms with Gasteiger partial charge >= 0.3 is 0 Å². The van der Waals surface area contributed by atoms with Gasteiger partial charge in [0.15, 0.2) is 0 Å². The molecule has 4 rings (SSSR count). The van der Waals surface area contributed by atoms with E-state index in [2.05, 4.69) is 11.4 Å². The van der Waals surface area contributed by atoms with Crippen LogP contribution in [0.4, 0.5) is 10.1 Å². The molecule has 1 N–H and O–H groups in total. The van der Waals surface area contributed by atoms with Crippen LogP contribution in [0, 0.1) is 5.82 Å². The molecule has 29 heavy (non-hydrogen) atoms. The van der Waals surface area contributed by atoms with Crippen LogP contribution in [0.25, 0.3) is 11.1 Å². The van der Waals surface area contributed by atoms with Crippen molar-refractivity contribution in [3.8, 4) is 11.1 Å². The van der Waals surface area contributed by atoms with E-state index in [1.165, 1.54) is 12.1 Å². The Labute approximate surface area is 171 Å². The quantitative estimate of drug-likeness (QED) is 0.671. The average Bonchev–Trinajstić information content (AvgIpc) is 2.72. The first kappa shape index (κ1) is 19.3. The summed E-state index contributed by atoms with van der Waals surface area (Å²) in [5.74, 6) is -0.156. The van der Waals surface area contributed by atoms with Gasteiger partial charge in [0.1, 0.15) is 5.82 Å². The smallest absolute Gasteiger partial charge is 0.247 e. The van der Waals surface area contributed by atoms with Crippen molar-refractivity contribution in [2.75, 3.05) is 11.4 Å². The van der Waals surface area contributed by atoms with Crippen molar-refractivity contribution in [3.63, 3.8) is 0 Å². The second kappa shape index (κ2) is 7.80. The van der Waals surface area contributed by atoms with Crippen LogP contribution in [-0.4, -0.2) is 18.0 Å². The molecule has 0 radical (unpaired) electrons. The second-order valence-corrected chi connectivity index (χ2v) is 7.77. The first-order valence-electron chi connectivity index (χ1n) is 10.00. The Morgan fingerprint density at radius 3 is 2.38 bits per heavy atom. The van der Waals surface area contributed by atoms with E-state index < -0.39 is 5.54 Å². The highest BCUT2D eigenvalue weighted by molar-refractivity contribution is 6.03. The number of nitrogens with one attached hydrogen (secondary N) is 1. The van der Waals surface area contributed by atoms with Crippen LogP contribution < -0.4 is 10.2 Å². The number of benzene rings is 3. The van der Waals surface area contributed by atoms with Crippen LogP contribution in [0.5, 0.6) is 0 Å². The van der Waals surface area contributed by atoms with Crippen LogP contribution in [-0.2, 0) is 17.8 Å². The van der Waals surface area contributed by atoms with Crippen molar-refractivity contribution in [2.24, 2.45) is 0 Å². The number of carbonyl (C=O) groups is 1. The Morgan fingerprint density at radius 1 is 1.00 bits per heavy atom. The fourth-order valence-corrected chi connectivity index (χ4v) is 4.13. The van der Waals surface area contributed by atoms with E-state index in [0.717, 1.165) is 27.9 Å². The van der Waals surface area contributed by atoms with Crippen LogP contribution in [0.2, 0.25) is 0 Å². The largest absolute Gasteiger partial charge is 0.306 e. The van der Waals surface area contributed by atoms with E-state index in [9.17, 15) is 9.18 Å². The fraction of sp³-hybridized carbons (Fsp3) is 0.240. The minimum absolute atomic E-state index is 0.0882. The molecule has 3 aromatic rings. The standard InChI is InChI=1S/C25H25FN2O/c1-3-27-25(2)16-21-15-20(19-9-12-22(26)13-10-19)11-14-23(21)28(24(25)29)17-18-7-5-4-6-8-18/h4-15,27H,3,16-17H2,1-2H3. The molecule has 0 aromatic heterocycles. The summed E-state index contributed by atoms with van der Waals surface area (Å²) in [5, 5.41) is 3.39. The van der Waals surface area contributed by atoms with Crippen LogP contribution in [0.1, 0.15) is 25.0 Å². The van der Waals surface area contributed by atoms with Gasteiger partial charge in [0, 0.05) is 12.1 Å². The monoisotopic (exact) mass is 388 g/mol. The van der Waals surface area contributed by atoms with Crippen LogP contribution in [0.3, 0.4) is 0 Å². The lowest BCUT2D eigenvalue weighted by atomic mass is 9.84. The topological polar surface area (TPSA) is 32.3 Å². The first-order valence-corrected chi connectivity index (χ1v) is 10.00. The van der Waals surface area contributed by atoms with Gasteiger partial charge in [-0.3, -0.25) is 4.79 Å². The number of hydrogen-bond acceptors (Lipinski definition) is 2. The van der Waals surface area contributed by atoms with Crippen molar-refractivity contribution >= 4 is 11.6 Å². The molecule has 1 amide bonds. The Morgan fingerprint density at radius 2 is 1.69 bits per heavy atom. The maximum Gasteiger partial charge on any atom is 0.247 e. The summed E-state index contributed by atoms with van der Waals surface area (Å²) in [7, 11) is 0. The number of likely N-dealkylation sites (N-methyl/N-ethyl adjacent to an activating group) is 1. The number of amides is 1. The minimum atomic E-state index is -0.655. The molecule has 0 saturated carbocycles. The van der Waals surface area contributed by atoms with Crippen molar-refractivity contribution in [1.82, 2.24) is 5.32 Å². The van der Waals surface area contributed by atoms with Crippen molar-refractivity contribution < 1.29 is 9.18 Å². The Hall–Kier alpha value is -2.98. The summed E-state index contributed by atoms with van der Waals surface area (Å²) in [6.07, 6.45) is 0.620. The third kappa shape index (κ3) is 3.81. The maximum absolute atomic E-state index is 13.4. The minimum Gasteiger partial charge on any atom is -0.306 e. The van der Waals surface area contributed by atoms with E-state index >= 15 is 0 Å². The lowest BCUT2D eigenvalue weighted by Crippen LogP contribution is -2.60. The summed E-state index contributed by atoms with van der Waals surface area (Å²) >= 11 is 0. The summed E-state index contributed by atoms with van der Waals surface area (Å²) in [6, 6.07) is 22.7. The van der Waals surface area contributed by atoms with Gasteiger partial charge in [-0.05, 0) is 60.0 Å². The predicted octanol–water partition coefficient (Wildman–Crippen LogP) is 4.95. The van der Waals surface area contributed by atoms with Gasteiger partial charge in [0.25, 0.3) is 0 Å². The molecular weight excluding hydrogens is 363 g/mol. The number of halogens is 1. The lowest BCUT2D eigenvalue weighted by Gasteiger charge is -2.41. The summed E-state index contributed by atoms with van der Waals surface area (Å²) in [4.78, 5) is 15.3. The van der Waals surface area contributed by atoms with Gasteiger partial charge in [-0.1, -0.05) is 55.5 Å². The number of carbonyl (C=O) groups excluding carboxylic acids is 1. The predicted molar refractivity (Wildman–Crippen MR) is 115 cm³/mol. The summed E-state index contributed by atoms with van der Waals surface area (Å²) in [5.41, 5.74) is 4.49. The molecule has 1 aliphatic rings. The fourth-order valence-electron chi connectivity index (χ4n) is 4.13. The molecule has 4 heteroatoms. The zero-order valence-corrected chi connectivity index (χ0v) is 16.8. The molecule has 1 atom stereocenters. The SMILES string of the molecule is CCNC1(C)Cc2cc(-c3ccc(F)cc3)ccc2N(Cc2ccccc2)C1=O. The molecule has 0 saturated heterocycles. The highest BCUT2D eigenvalue weighted by Crippen LogP contribution is 2.36. The van der Waals surface area contributed by atoms with Gasteiger partial charge in [0.2, 0.25) is 5.91 Å². The second-order valence-electron chi connectivity index (χ2n) is 7.77. The average molecular weight is 388 g/mol. The van der Waals surface area contributed by atoms with Gasteiger partial charge < -0.3 is 10.2 Å². The van der Waals surface area contributed by atoms with Crippen molar-refractivity contribution in [3.05, 3.63) is 89.7 Å². The third-order valence-corrected chi connectivity index (χ3v) is 5.56. The summed E-state index contributed by atoms with van der Waals surface area (Å²) < 4.78 is 13.3. The van der Waals surface area contributed by atoms with Gasteiger partial charge in [0.05, 0.1) is 12.1 Å². The van der Waals surface area contributed by atoms with E-state index in [4.69, 9.17) is 0 Å². The molecular formula is C25H25FN2O. The maximum atomic E-state index is 13.4. The number of nitrogens with zero attached hydrogens (tertiary/aromatic N) is 1. The molecule has 3 aromatic carbocycles. The lowest BCUT2D eigenvalue weighted by molar-refractivity contribution is -0.125. The molecule has 0 spiro atoms. The normalized spacial score (nSPS) is 18.6. The van der Waals surface area contributed by atoms with E-state index in [0.29, 0.717) is 19.5 Å². The molecule has 0 bridgehead atoms. The van der Waals surface area contributed by atoms with E-state index in [1.807, 2.05) is 61.2 Å². The number of hydrogen-bond donors (Lipinski definition) is 1. The molecule has 3 nitrogen and oxygen atoms in total. The van der Waals surface area contributed by atoms with E-state index in [1.54, 1.807) is 12.1 Å². The van der Waals surface area contributed by atoms with E-state index in [-0.39, 0.29) is 11.7 Å². The van der Waals surface area contributed by atoms with Gasteiger partial charge in [-0.15, -0.1) is 0 Å². The molecule has 1 aliphatic heterocycles. The Balaban J connectivity index is 1.77. The molecule has 0 fully saturated rings. The zero-order chi connectivity index (χ0) is 20.4. The number of rotatable bonds is 5. The van der Waals surface area contributed by atoms with Crippen LogP contribution in [0.15, 0.2) is 72.8 Å². The Kier molecular flexibility index (Phi) is 5.20. The Bertz CT molecular complexity index is 1020. The molecule has 1 heterocycles. The van der Waals surface area contributed by atoms with Gasteiger partial charge in [-0.25, -0.2) is 4.39 Å². The van der Waals surface area contributed by atoms with Crippen LogP contribution >= 0.6 is 0 Å². The van der Waals surface area contributed by atoms with Crippen molar-refractivity contribution in [1.29, 1.82) is 0 Å². The number of anilines is 1. The summed E-state index contributed by atoms with van der Waals surface area (Å²) in [6.45, 7) is 5.24. The highest BCUT2D eigenvalue weighted by Gasteiger charge is 2.42. The van der Waals surface area contributed by atoms with Gasteiger partial charge in [-0.2, -0.15) is 0 Å². The number of fused-ring (bicyclic) bond motifs is 1. The first-order chi connectivity index (χ1) is 14.0. The van der Waals surface area contributed by atoms with Crippen molar-refractivity contribution in [2.45, 2.75) is 32.4 Å². The molecule has 1 unspecified atom stereocenters.